The number of hydrogen-bond donors (Lipinski definition) is 0. The summed E-state index contributed by atoms with van der Waals surface area (Å²) in [7, 11) is 2.09. The zero-order valence-electron chi connectivity index (χ0n) is 12.9. The van der Waals surface area contributed by atoms with E-state index >= 15 is 0 Å². The van der Waals surface area contributed by atoms with E-state index in [2.05, 4.69) is 27.9 Å². The molecule has 2 heterocycles. The van der Waals surface area contributed by atoms with Gasteiger partial charge < -0.3 is 14.4 Å². The van der Waals surface area contributed by atoms with Crippen molar-refractivity contribution in [3.05, 3.63) is 28.7 Å². The third-order valence-electron chi connectivity index (χ3n) is 4.38. The van der Waals surface area contributed by atoms with Crippen LogP contribution in [0.1, 0.15) is 6.92 Å². The van der Waals surface area contributed by atoms with E-state index in [0.29, 0.717) is 24.9 Å². The second-order valence-electron chi connectivity index (χ2n) is 5.89. The summed E-state index contributed by atoms with van der Waals surface area (Å²) >= 11 is 3.44. The van der Waals surface area contributed by atoms with Crippen LogP contribution in [0.4, 0.5) is 0 Å². The molecule has 1 amide bonds. The number of carbonyl (C=O) groups is 1. The fourth-order valence-corrected chi connectivity index (χ4v) is 3.45. The summed E-state index contributed by atoms with van der Waals surface area (Å²) < 4.78 is 12.4. The number of likely N-dealkylation sites (tertiary alicyclic amines) is 1. The molecule has 0 spiro atoms. The molecule has 6 heteroatoms. The minimum Gasteiger partial charge on any atom is -0.480 e. The van der Waals surface area contributed by atoms with E-state index in [1.165, 1.54) is 0 Å². The van der Waals surface area contributed by atoms with E-state index < -0.39 is 6.10 Å². The maximum absolute atomic E-state index is 12.6. The van der Waals surface area contributed by atoms with Crippen LogP contribution in [0, 0.1) is 0 Å². The molecule has 0 saturated carbocycles. The van der Waals surface area contributed by atoms with E-state index in [1.54, 1.807) is 6.92 Å². The molecule has 0 bridgehead atoms. The molecule has 1 aromatic rings. The Morgan fingerprint density at radius 2 is 2.18 bits per heavy atom. The van der Waals surface area contributed by atoms with Gasteiger partial charge >= 0.3 is 0 Å². The van der Waals surface area contributed by atoms with Crippen LogP contribution in [0.3, 0.4) is 0 Å². The Morgan fingerprint density at radius 3 is 2.91 bits per heavy atom. The molecule has 0 radical (unpaired) electrons. The Balaban J connectivity index is 1.63. The quantitative estimate of drug-likeness (QED) is 0.815. The van der Waals surface area contributed by atoms with Crippen LogP contribution in [0.2, 0.25) is 0 Å². The summed E-state index contributed by atoms with van der Waals surface area (Å²) in [5, 5.41) is 0. The van der Waals surface area contributed by atoms with Crippen molar-refractivity contribution in [2.45, 2.75) is 25.2 Å². The topological polar surface area (TPSA) is 42.0 Å². The fraction of sp³-hybridized carbons (Fsp3) is 0.562. The van der Waals surface area contributed by atoms with Gasteiger partial charge in [0.2, 0.25) is 0 Å². The van der Waals surface area contributed by atoms with E-state index in [4.69, 9.17) is 9.47 Å². The number of para-hydroxylation sites is 1. The van der Waals surface area contributed by atoms with Gasteiger partial charge in [-0.15, -0.1) is 0 Å². The molecule has 3 atom stereocenters. The van der Waals surface area contributed by atoms with Crippen LogP contribution in [0.15, 0.2) is 28.7 Å². The van der Waals surface area contributed by atoms with Crippen molar-refractivity contribution >= 4 is 21.8 Å². The van der Waals surface area contributed by atoms with Crippen molar-refractivity contribution in [1.82, 2.24) is 9.80 Å². The maximum atomic E-state index is 12.6. The Bertz CT molecular complexity index is 554. The van der Waals surface area contributed by atoms with Crippen LogP contribution >= 0.6 is 15.9 Å². The van der Waals surface area contributed by atoms with E-state index in [0.717, 1.165) is 17.6 Å². The molecule has 3 rings (SSSR count). The standard InChI is InChI=1S/C16H21BrN2O3/c1-11(22-14-6-4-3-5-12(14)17)16(20)19-9-13-15(10-19)21-8-7-18(13)2/h3-6,11,13,15H,7-10H2,1-2H3/t11-,13+,15-/m0/s1. The Morgan fingerprint density at radius 1 is 1.41 bits per heavy atom. The first-order chi connectivity index (χ1) is 10.6. The molecule has 22 heavy (non-hydrogen) atoms. The summed E-state index contributed by atoms with van der Waals surface area (Å²) in [6, 6.07) is 7.87. The average Bonchev–Trinajstić information content (AvgIpc) is 2.94. The molecule has 2 aliphatic heterocycles. The zero-order chi connectivity index (χ0) is 15.7. The van der Waals surface area contributed by atoms with Crippen molar-refractivity contribution in [1.29, 1.82) is 0 Å². The lowest BCUT2D eigenvalue weighted by Crippen LogP contribution is -2.48. The Hall–Kier alpha value is -1.11. The number of hydrogen-bond acceptors (Lipinski definition) is 4. The molecule has 1 aromatic carbocycles. The van der Waals surface area contributed by atoms with Gasteiger partial charge in [-0.25, -0.2) is 0 Å². The molecular formula is C16H21BrN2O3. The third-order valence-corrected chi connectivity index (χ3v) is 5.03. The third kappa shape index (κ3) is 3.14. The first-order valence-corrected chi connectivity index (χ1v) is 8.37. The van der Waals surface area contributed by atoms with Gasteiger partial charge in [-0.3, -0.25) is 9.69 Å². The van der Waals surface area contributed by atoms with Crippen molar-refractivity contribution < 1.29 is 14.3 Å². The zero-order valence-corrected chi connectivity index (χ0v) is 14.5. The van der Waals surface area contributed by atoms with Gasteiger partial charge in [0.15, 0.2) is 6.10 Å². The van der Waals surface area contributed by atoms with Crippen LogP contribution in [-0.2, 0) is 9.53 Å². The van der Waals surface area contributed by atoms with Gasteiger partial charge in [0.1, 0.15) is 5.75 Å². The molecule has 0 aromatic heterocycles. The lowest BCUT2D eigenvalue weighted by molar-refractivity contribution is -0.137. The molecule has 5 nitrogen and oxygen atoms in total. The van der Waals surface area contributed by atoms with Crippen molar-refractivity contribution in [2.75, 3.05) is 33.3 Å². The highest BCUT2D eigenvalue weighted by Crippen LogP contribution is 2.26. The molecule has 2 aliphatic rings. The molecule has 2 fully saturated rings. The smallest absolute Gasteiger partial charge is 0.263 e. The first kappa shape index (κ1) is 15.8. The highest BCUT2D eigenvalue weighted by molar-refractivity contribution is 9.10. The molecule has 2 saturated heterocycles. The maximum Gasteiger partial charge on any atom is 0.263 e. The van der Waals surface area contributed by atoms with Crippen LogP contribution < -0.4 is 4.74 Å². The molecular weight excluding hydrogens is 348 g/mol. The molecule has 0 aliphatic carbocycles. The number of likely N-dealkylation sites (N-methyl/N-ethyl adjacent to an activating group) is 1. The van der Waals surface area contributed by atoms with E-state index in [9.17, 15) is 4.79 Å². The average molecular weight is 369 g/mol. The number of rotatable bonds is 3. The number of nitrogens with zero attached hydrogens (tertiary/aromatic N) is 2. The van der Waals surface area contributed by atoms with E-state index in [1.807, 2.05) is 29.2 Å². The normalized spacial score (nSPS) is 26.6. The number of benzene rings is 1. The highest BCUT2D eigenvalue weighted by Gasteiger charge is 2.41. The summed E-state index contributed by atoms with van der Waals surface area (Å²) in [5.74, 6) is 0.704. The van der Waals surface area contributed by atoms with Gasteiger partial charge in [-0.1, -0.05) is 12.1 Å². The largest absolute Gasteiger partial charge is 0.480 e. The SMILES string of the molecule is C[C@H](Oc1ccccc1Br)C(=O)N1C[C@@H]2OCCN(C)[C@@H]2C1. The minimum atomic E-state index is -0.510. The van der Waals surface area contributed by atoms with Crippen molar-refractivity contribution in [3.63, 3.8) is 0 Å². The fourth-order valence-electron chi connectivity index (χ4n) is 3.08. The van der Waals surface area contributed by atoms with Crippen molar-refractivity contribution in [3.8, 4) is 5.75 Å². The Kier molecular flexibility index (Phi) is 4.70. The Labute approximate surface area is 139 Å². The number of amides is 1. The van der Waals surface area contributed by atoms with Gasteiger partial charge in [0.05, 0.1) is 23.2 Å². The summed E-state index contributed by atoms with van der Waals surface area (Å²) in [6.45, 7) is 4.82. The van der Waals surface area contributed by atoms with Gasteiger partial charge in [-0.2, -0.15) is 0 Å². The van der Waals surface area contributed by atoms with Gasteiger partial charge in [0.25, 0.3) is 5.91 Å². The minimum absolute atomic E-state index is 0.0159. The van der Waals surface area contributed by atoms with Crippen LogP contribution in [0.25, 0.3) is 0 Å². The molecule has 0 unspecified atom stereocenters. The number of halogens is 1. The van der Waals surface area contributed by atoms with Crippen molar-refractivity contribution in [2.24, 2.45) is 0 Å². The van der Waals surface area contributed by atoms with E-state index in [-0.39, 0.29) is 12.0 Å². The van der Waals surface area contributed by atoms with Gasteiger partial charge in [0, 0.05) is 19.6 Å². The second-order valence-corrected chi connectivity index (χ2v) is 6.75. The molecule has 0 N–H and O–H groups in total. The second kappa shape index (κ2) is 6.56. The lowest BCUT2D eigenvalue weighted by Gasteiger charge is -2.33. The lowest BCUT2D eigenvalue weighted by atomic mass is 10.1. The number of carbonyl (C=O) groups excluding carboxylic acids is 1. The molecule has 120 valence electrons. The summed E-state index contributed by atoms with van der Waals surface area (Å²) in [5.41, 5.74) is 0. The number of fused-ring (bicyclic) bond motifs is 1. The number of morpholine rings is 1. The van der Waals surface area contributed by atoms with Gasteiger partial charge in [-0.05, 0) is 42.0 Å². The first-order valence-electron chi connectivity index (χ1n) is 7.58. The van der Waals surface area contributed by atoms with Crippen LogP contribution in [-0.4, -0.2) is 67.2 Å². The predicted molar refractivity (Wildman–Crippen MR) is 87.0 cm³/mol. The van der Waals surface area contributed by atoms with Crippen LogP contribution in [0.5, 0.6) is 5.75 Å². The number of ether oxygens (including phenoxy) is 2. The summed E-state index contributed by atoms with van der Waals surface area (Å²) in [4.78, 5) is 16.8. The highest BCUT2D eigenvalue weighted by atomic mass is 79.9. The summed E-state index contributed by atoms with van der Waals surface area (Å²) in [6.07, 6.45) is -0.387. The predicted octanol–water partition coefficient (Wildman–Crippen LogP) is 1.76. The monoisotopic (exact) mass is 368 g/mol.